The number of nitrogens with one attached hydrogen (secondary N) is 2. The molecule has 3 aromatic rings. The third-order valence-corrected chi connectivity index (χ3v) is 4.03. The minimum Gasteiger partial charge on any atom is -0.497 e. The molecule has 0 saturated carbocycles. The van der Waals surface area contributed by atoms with Crippen molar-refractivity contribution in [2.45, 2.75) is 20.4 Å². The van der Waals surface area contributed by atoms with Gasteiger partial charge < -0.3 is 15.4 Å². The van der Waals surface area contributed by atoms with E-state index in [0.29, 0.717) is 18.1 Å². The molecule has 0 radical (unpaired) electrons. The first kappa shape index (κ1) is 18.4. The first-order valence-electron chi connectivity index (χ1n) is 8.64. The predicted octanol–water partition coefficient (Wildman–Crippen LogP) is 4.35. The number of aryl methyl sites for hydroxylation is 1. The van der Waals surface area contributed by atoms with Crippen LogP contribution in [0.2, 0.25) is 0 Å². The van der Waals surface area contributed by atoms with E-state index in [4.69, 9.17) is 4.74 Å². The van der Waals surface area contributed by atoms with Gasteiger partial charge in [0, 0.05) is 29.6 Å². The van der Waals surface area contributed by atoms with Crippen molar-refractivity contribution in [1.82, 2.24) is 9.97 Å². The van der Waals surface area contributed by atoms with Crippen LogP contribution in [0.1, 0.15) is 28.5 Å². The third-order valence-electron chi connectivity index (χ3n) is 4.03. The van der Waals surface area contributed by atoms with Gasteiger partial charge in [-0.3, -0.25) is 4.79 Å². The van der Waals surface area contributed by atoms with Crippen LogP contribution in [0.15, 0.2) is 54.6 Å². The second-order valence-electron chi connectivity index (χ2n) is 6.18. The molecule has 0 spiro atoms. The fourth-order valence-corrected chi connectivity index (χ4v) is 2.57. The average Bonchev–Trinajstić information content (AvgIpc) is 2.67. The van der Waals surface area contributed by atoms with Crippen LogP contribution in [0, 0.1) is 6.92 Å². The molecule has 0 unspecified atom stereocenters. The maximum Gasteiger partial charge on any atom is 0.229 e. The number of hydrogen-bond acceptors (Lipinski definition) is 6. The molecule has 0 aliphatic heterocycles. The van der Waals surface area contributed by atoms with Crippen molar-refractivity contribution in [3.05, 3.63) is 71.4 Å². The summed E-state index contributed by atoms with van der Waals surface area (Å²) in [7, 11) is 1.65. The molecule has 2 N–H and O–H groups in total. The number of anilines is 3. The van der Waals surface area contributed by atoms with Crippen LogP contribution in [0.25, 0.3) is 0 Å². The lowest BCUT2D eigenvalue weighted by molar-refractivity contribution is 0.101. The molecular weight excluding hydrogens is 340 g/mol. The summed E-state index contributed by atoms with van der Waals surface area (Å²) >= 11 is 0. The first-order valence-corrected chi connectivity index (χ1v) is 8.64. The van der Waals surface area contributed by atoms with Gasteiger partial charge in [-0.1, -0.05) is 12.1 Å². The lowest BCUT2D eigenvalue weighted by Crippen LogP contribution is -2.05. The van der Waals surface area contributed by atoms with Crippen molar-refractivity contribution in [2.24, 2.45) is 0 Å². The second kappa shape index (κ2) is 8.31. The number of ether oxygens (including phenoxy) is 1. The van der Waals surface area contributed by atoms with E-state index in [1.54, 1.807) is 26.2 Å². The van der Waals surface area contributed by atoms with Crippen molar-refractivity contribution >= 4 is 23.2 Å². The molecule has 1 heterocycles. The average molecular weight is 362 g/mol. The molecule has 3 rings (SSSR count). The Kier molecular flexibility index (Phi) is 5.66. The Morgan fingerprint density at radius 2 is 1.74 bits per heavy atom. The van der Waals surface area contributed by atoms with E-state index in [1.807, 2.05) is 49.4 Å². The van der Waals surface area contributed by atoms with Gasteiger partial charge in [-0.05, 0) is 55.8 Å². The van der Waals surface area contributed by atoms with Crippen LogP contribution in [-0.4, -0.2) is 22.9 Å². The molecule has 0 amide bonds. The SMILES string of the molecule is COc1ccc(CNc2cc(C)nc(Nc3ccc(C(C)=O)cc3)n2)cc1. The number of nitrogens with zero attached hydrogens (tertiary/aromatic N) is 2. The van der Waals surface area contributed by atoms with E-state index in [2.05, 4.69) is 20.6 Å². The van der Waals surface area contributed by atoms with Gasteiger partial charge in [0.05, 0.1) is 7.11 Å². The molecule has 27 heavy (non-hydrogen) atoms. The number of Topliss-reactive ketones (excluding diaryl/α,β-unsaturated/α-hetero) is 1. The topological polar surface area (TPSA) is 76.1 Å². The molecule has 0 fully saturated rings. The fraction of sp³-hybridized carbons (Fsp3) is 0.190. The third kappa shape index (κ3) is 5.04. The van der Waals surface area contributed by atoms with Gasteiger partial charge in [0.1, 0.15) is 11.6 Å². The molecular formula is C21H22N4O2. The Morgan fingerprint density at radius 1 is 1.04 bits per heavy atom. The minimum absolute atomic E-state index is 0.0402. The van der Waals surface area contributed by atoms with E-state index < -0.39 is 0 Å². The maximum absolute atomic E-state index is 11.4. The number of aromatic nitrogens is 2. The number of benzene rings is 2. The number of rotatable bonds is 7. The first-order chi connectivity index (χ1) is 13.0. The lowest BCUT2D eigenvalue weighted by Gasteiger charge is -2.10. The Labute approximate surface area is 158 Å². The van der Waals surface area contributed by atoms with Crippen molar-refractivity contribution < 1.29 is 9.53 Å². The van der Waals surface area contributed by atoms with Crippen molar-refractivity contribution in [3.63, 3.8) is 0 Å². The summed E-state index contributed by atoms with van der Waals surface area (Å²) in [6.07, 6.45) is 0. The highest BCUT2D eigenvalue weighted by Crippen LogP contribution is 2.18. The lowest BCUT2D eigenvalue weighted by atomic mass is 10.1. The zero-order chi connectivity index (χ0) is 19.2. The Balaban J connectivity index is 1.68. The normalized spacial score (nSPS) is 10.3. The molecule has 2 aromatic carbocycles. The van der Waals surface area contributed by atoms with Gasteiger partial charge >= 0.3 is 0 Å². The van der Waals surface area contributed by atoms with Crippen LogP contribution < -0.4 is 15.4 Å². The maximum atomic E-state index is 11.4. The highest BCUT2D eigenvalue weighted by atomic mass is 16.5. The molecule has 138 valence electrons. The molecule has 0 saturated heterocycles. The van der Waals surface area contributed by atoms with E-state index >= 15 is 0 Å². The number of methoxy groups -OCH3 is 1. The smallest absolute Gasteiger partial charge is 0.229 e. The summed E-state index contributed by atoms with van der Waals surface area (Å²) in [5.41, 5.74) is 3.48. The number of hydrogen-bond donors (Lipinski definition) is 2. The van der Waals surface area contributed by atoms with Crippen molar-refractivity contribution in [3.8, 4) is 5.75 Å². The highest BCUT2D eigenvalue weighted by Gasteiger charge is 2.05. The predicted molar refractivity (Wildman–Crippen MR) is 107 cm³/mol. The fourth-order valence-electron chi connectivity index (χ4n) is 2.57. The molecule has 6 nitrogen and oxygen atoms in total. The van der Waals surface area contributed by atoms with E-state index in [0.717, 1.165) is 28.5 Å². The van der Waals surface area contributed by atoms with Gasteiger partial charge in [0.25, 0.3) is 0 Å². The number of carbonyl (C=O) groups excluding carboxylic acids is 1. The van der Waals surface area contributed by atoms with Crippen LogP contribution >= 0.6 is 0 Å². The molecule has 6 heteroatoms. The van der Waals surface area contributed by atoms with Gasteiger partial charge in [0.15, 0.2) is 5.78 Å². The minimum atomic E-state index is 0.0402. The largest absolute Gasteiger partial charge is 0.497 e. The van der Waals surface area contributed by atoms with Crippen LogP contribution in [-0.2, 0) is 6.54 Å². The van der Waals surface area contributed by atoms with Gasteiger partial charge in [-0.2, -0.15) is 4.98 Å². The van der Waals surface area contributed by atoms with Crippen LogP contribution in [0.4, 0.5) is 17.5 Å². The zero-order valence-electron chi connectivity index (χ0n) is 15.6. The summed E-state index contributed by atoms with van der Waals surface area (Å²) in [5.74, 6) is 2.11. The molecule has 1 aromatic heterocycles. The second-order valence-corrected chi connectivity index (χ2v) is 6.18. The summed E-state index contributed by atoms with van der Waals surface area (Å²) < 4.78 is 5.17. The Bertz CT molecular complexity index is 922. The van der Waals surface area contributed by atoms with E-state index in [-0.39, 0.29) is 5.78 Å². The quantitative estimate of drug-likeness (QED) is 0.609. The van der Waals surface area contributed by atoms with Gasteiger partial charge in [0.2, 0.25) is 5.95 Å². The Morgan fingerprint density at radius 3 is 2.37 bits per heavy atom. The molecule has 0 bridgehead atoms. The monoisotopic (exact) mass is 362 g/mol. The molecule has 0 aliphatic rings. The van der Waals surface area contributed by atoms with Crippen LogP contribution in [0.3, 0.4) is 0 Å². The summed E-state index contributed by atoms with van der Waals surface area (Å²) in [4.78, 5) is 20.3. The Hall–Kier alpha value is -3.41. The van der Waals surface area contributed by atoms with Crippen molar-refractivity contribution in [1.29, 1.82) is 0 Å². The van der Waals surface area contributed by atoms with Gasteiger partial charge in [-0.25, -0.2) is 4.98 Å². The summed E-state index contributed by atoms with van der Waals surface area (Å²) in [5, 5.41) is 6.49. The molecule has 0 aliphatic carbocycles. The number of ketones is 1. The van der Waals surface area contributed by atoms with E-state index in [9.17, 15) is 4.79 Å². The number of carbonyl (C=O) groups is 1. The zero-order valence-corrected chi connectivity index (χ0v) is 15.6. The highest BCUT2D eigenvalue weighted by molar-refractivity contribution is 5.94. The summed E-state index contributed by atoms with van der Waals surface area (Å²) in [6, 6.07) is 17.0. The summed E-state index contributed by atoms with van der Waals surface area (Å²) in [6.45, 7) is 4.12. The van der Waals surface area contributed by atoms with E-state index in [1.165, 1.54) is 0 Å². The van der Waals surface area contributed by atoms with Gasteiger partial charge in [-0.15, -0.1) is 0 Å². The standard InChI is InChI=1S/C21H22N4O2/c1-14-12-20(22-13-16-4-10-19(27-3)11-5-16)25-21(23-14)24-18-8-6-17(7-9-18)15(2)26/h4-12H,13H2,1-3H3,(H2,22,23,24,25). The molecule has 0 atom stereocenters. The van der Waals surface area contributed by atoms with Crippen molar-refractivity contribution in [2.75, 3.05) is 17.7 Å². The van der Waals surface area contributed by atoms with Crippen LogP contribution in [0.5, 0.6) is 5.75 Å².